The quantitative estimate of drug-likeness (QED) is 0.796. The monoisotopic (exact) mass is 399 g/mol. The molecule has 0 saturated carbocycles. The van der Waals surface area contributed by atoms with Crippen molar-refractivity contribution in [3.05, 3.63) is 45.2 Å². The zero-order valence-corrected chi connectivity index (χ0v) is 16.3. The van der Waals surface area contributed by atoms with Gasteiger partial charge in [0.25, 0.3) is 5.91 Å². The number of pyridine rings is 1. The summed E-state index contributed by atoms with van der Waals surface area (Å²) in [6, 6.07) is 1.54. The predicted octanol–water partition coefficient (Wildman–Crippen LogP) is 0.940. The molecule has 8 nitrogen and oxygen atoms in total. The first-order valence-corrected chi connectivity index (χ1v) is 10.1. The van der Waals surface area contributed by atoms with Crippen molar-refractivity contribution in [3.63, 3.8) is 0 Å². The van der Waals surface area contributed by atoms with E-state index in [4.69, 9.17) is 0 Å². The number of amides is 3. The van der Waals surface area contributed by atoms with Crippen LogP contribution in [0.2, 0.25) is 0 Å². The molecule has 146 valence electrons. The third kappa shape index (κ3) is 3.89. The minimum absolute atomic E-state index is 0.0642. The molecule has 1 fully saturated rings. The second-order valence-electron chi connectivity index (χ2n) is 7.05. The number of thiazole rings is 1. The molecular weight excluding hydrogens is 378 g/mol. The van der Waals surface area contributed by atoms with Crippen LogP contribution in [0.25, 0.3) is 0 Å². The molecule has 0 radical (unpaired) electrons. The normalized spacial score (nSPS) is 18.5. The molecule has 0 aromatic carbocycles. The Hall–Kier alpha value is -2.81. The molecule has 2 aliphatic rings. The van der Waals surface area contributed by atoms with Crippen LogP contribution in [-0.4, -0.2) is 45.2 Å². The highest BCUT2D eigenvalue weighted by atomic mass is 32.1. The van der Waals surface area contributed by atoms with Crippen LogP contribution in [0.15, 0.2) is 17.6 Å². The van der Waals surface area contributed by atoms with Crippen molar-refractivity contribution in [2.45, 2.75) is 45.3 Å². The fraction of sp³-hybridized carbons (Fsp3) is 0.421. The molecule has 0 unspecified atom stereocenters. The summed E-state index contributed by atoms with van der Waals surface area (Å²) in [5, 5.41) is 8.17. The molecule has 1 saturated heterocycles. The van der Waals surface area contributed by atoms with Crippen LogP contribution < -0.4 is 10.6 Å². The van der Waals surface area contributed by atoms with Crippen LogP contribution >= 0.6 is 11.3 Å². The van der Waals surface area contributed by atoms with E-state index in [-0.39, 0.29) is 17.7 Å². The van der Waals surface area contributed by atoms with Crippen molar-refractivity contribution in [1.82, 2.24) is 25.5 Å². The number of nitrogens with one attached hydrogen (secondary N) is 2. The third-order valence-electron chi connectivity index (χ3n) is 5.00. The Morgan fingerprint density at radius 1 is 1.39 bits per heavy atom. The van der Waals surface area contributed by atoms with Gasteiger partial charge in [0, 0.05) is 49.7 Å². The fourth-order valence-electron chi connectivity index (χ4n) is 3.49. The Balaban J connectivity index is 1.40. The predicted molar refractivity (Wildman–Crippen MR) is 103 cm³/mol. The number of hydrogen-bond acceptors (Lipinski definition) is 6. The third-order valence-corrected chi connectivity index (χ3v) is 5.77. The van der Waals surface area contributed by atoms with Gasteiger partial charge in [-0.3, -0.25) is 19.4 Å². The molecule has 4 rings (SSSR count). The van der Waals surface area contributed by atoms with E-state index in [0.29, 0.717) is 44.6 Å². The average molecular weight is 399 g/mol. The molecule has 0 spiro atoms. The van der Waals surface area contributed by atoms with E-state index in [1.807, 2.05) is 13.0 Å². The number of carbonyl (C=O) groups excluding carboxylic acids is 3. The minimum atomic E-state index is -0.451. The molecule has 2 aromatic rings. The van der Waals surface area contributed by atoms with E-state index in [1.54, 1.807) is 16.5 Å². The largest absolute Gasteiger partial charge is 0.350 e. The van der Waals surface area contributed by atoms with E-state index in [9.17, 15) is 14.4 Å². The van der Waals surface area contributed by atoms with Gasteiger partial charge in [0.1, 0.15) is 11.7 Å². The highest BCUT2D eigenvalue weighted by Crippen LogP contribution is 2.21. The highest BCUT2D eigenvalue weighted by molar-refractivity contribution is 7.09. The van der Waals surface area contributed by atoms with Crippen LogP contribution in [-0.2, 0) is 29.1 Å². The highest BCUT2D eigenvalue weighted by Gasteiger charge is 2.27. The Labute approximate surface area is 166 Å². The molecule has 2 aliphatic heterocycles. The van der Waals surface area contributed by atoms with Crippen molar-refractivity contribution in [1.29, 1.82) is 0 Å². The Morgan fingerprint density at radius 2 is 2.25 bits per heavy atom. The van der Waals surface area contributed by atoms with Gasteiger partial charge in [-0.2, -0.15) is 0 Å². The van der Waals surface area contributed by atoms with Gasteiger partial charge in [0.2, 0.25) is 11.8 Å². The SMILES string of the molecule is Cc1nc(C(=O)N2CCc3ncc(CNC(=O)[C@@H]4CCC(=O)N4)cc3C2)cs1. The molecule has 3 amide bonds. The minimum Gasteiger partial charge on any atom is -0.350 e. The number of aryl methyl sites for hydroxylation is 1. The van der Waals surface area contributed by atoms with Gasteiger partial charge in [0.05, 0.1) is 5.01 Å². The average Bonchev–Trinajstić information content (AvgIpc) is 3.33. The molecule has 9 heteroatoms. The fourth-order valence-corrected chi connectivity index (χ4v) is 4.08. The van der Waals surface area contributed by atoms with E-state index in [1.165, 1.54) is 11.3 Å². The van der Waals surface area contributed by atoms with Gasteiger partial charge >= 0.3 is 0 Å². The Bertz CT molecular complexity index is 941. The van der Waals surface area contributed by atoms with Gasteiger partial charge in [-0.05, 0) is 30.5 Å². The van der Waals surface area contributed by atoms with Crippen molar-refractivity contribution >= 4 is 29.1 Å². The maximum Gasteiger partial charge on any atom is 0.273 e. The molecular formula is C19H21N5O3S. The summed E-state index contributed by atoms with van der Waals surface area (Å²) < 4.78 is 0. The standard InChI is InChI=1S/C19H21N5O3S/c1-11-22-16(10-28-11)19(27)24-5-4-14-13(9-24)6-12(7-20-14)8-21-18(26)15-2-3-17(25)23-15/h6-7,10,15H,2-5,8-9H2,1H3,(H,21,26)(H,23,25)/t15-/m0/s1. The van der Waals surface area contributed by atoms with Gasteiger partial charge in [0.15, 0.2) is 0 Å². The molecule has 1 atom stereocenters. The maximum absolute atomic E-state index is 12.7. The van der Waals surface area contributed by atoms with E-state index < -0.39 is 6.04 Å². The summed E-state index contributed by atoms with van der Waals surface area (Å²) in [6.07, 6.45) is 3.37. The lowest BCUT2D eigenvalue weighted by atomic mass is 10.0. The van der Waals surface area contributed by atoms with Crippen LogP contribution in [0, 0.1) is 6.92 Å². The summed E-state index contributed by atoms with van der Waals surface area (Å²) >= 11 is 1.47. The first kappa shape index (κ1) is 18.5. The van der Waals surface area contributed by atoms with Crippen molar-refractivity contribution < 1.29 is 14.4 Å². The second kappa shape index (κ2) is 7.67. The molecule has 4 heterocycles. The number of fused-ring (bicyclic) bond motifs is 1. The molecule has 2 N–H and O–H groups in total. The summed E-state index contributed by atoms with van der Waals surface area (Å²) in [5.41, 5.74) is 3.33. The number of carbonyl (C=O) groups is 3. The summed E-state index contributed by atoms with van der Waals surface area (Å²) in [4.78, 5) is 46.6. The summed E-state index contributed by atoms with van der Waals surface area (Å²) in [6.45, 7) is 3.32. The molecule has 2 aromatic heterocycles. The zero-order valence-electron chi connectivity index (χ0n) is 15.5. The lowest BCUT2D eigenvalue weighted by molar-refractivity contribution is -0.125. The Kier molecular flexibility index (Phi) is 5.08. The Morgan fingerprint density at radius 3 is 2.96 bits per heavy atom. The topological polar surface area (TPSA) is 104 Å². The number of hydrogen-bond donors (Lipinski definition) is 2. The van der Waals surface area contributed by atoms with Gasteiger partial charge in [-0.25, -0.2) is 4.98 Å². The summed E-state index contributed by atoms with van der Waals surface area (Å²) in [5.74, 6) is -0.333. The maximum atomic E-state index is 12.7. The molecule has 0 bridgehead atoms. The lowest BCUT2D eigenvalue weighted by Crippen LogP contribution is -2.41. The molecule has 0 aliphatic carbocycles. The van der Waals surface area contributed by atoms with Crippen molar-refractivity contribution in [2.75, 3.05) is 6.54 Å². The first-order chi connectivity index (χ1) is 13.5. The van der Waals surface area contributed by atoms with Gasteiger partial charge in [-0.1, -0.05) is 0 Å². The lowest BCUT2D eigenvalue weighted by Gasteiger charge is -2.28. The van der Waals surface area contributed by atoms with Crippen LogP contribution in [0.3, 0.4) is 0 Å². The van der Waals surface area contributed by atoms with Crippen molar-refractivity contribution in [3.8, 4) is 0 Å². The smallest absolute Gasteiger partial charge is 0.273 e. The van der Waals surface area contributed by atoms with E-state index in [0.717, 1.165) is 21.8 Å². The van der Waals surface area contributed by atoms with Crippen LogP contribution in [0.4, 0.5) is 0 Å². The molecule has 28 heavy (non-hydrogen) atoms. The van der Waals surface area contributed by atoms with E-state index in [2.05, 4.69) is 20.6 Å². The zero-order chi connectivity index (χ0) is 19.7. The summed E-state index contributed by atoms with van der Waals surface area (Å²) in [7, 11) is 0. The second-order valence-corrected chi connectivity index (χ2v) is 8.12. The number of aromatic nitrogens is 2. The van der Waals surface area contributed by atoms with Crippen molar-refractivity contribution in [2.24, 2.45) is 0 Å². The number of rotatable bonds is 4. The van der Waals surface area contributed by atoms with Gasteiger partial charge < -0.3 is 15.5 Å². The number of nitrogens with zero attached hydrogens (tertiary/aromatic N) is 3. The van der Waals surface area contributed by atoms with E-state index >= 15 is 0 Å². The van der Waals surface area contributed by atoms with Crippen LogP contribution in [0.5, 0.6) is 0 Å². The first-order valence-electron chi connectivity index (χ1n) is 9.25. The van der Waals surface area contributed by atoms with Crippen LogP contribution in [0.1, 0.15) is 45.2 Å². The van der Waals surface area contributed by atoms with Gasteiger partial charge in [-0.15, -0.1) is 11.3 Å².